The fourth-order valence-electron chi connectivity index (χ4n) is 3.02. The lowest BCUT2D eigenvalue weighted by Crippen LogP contribution is -2.41. The molecule has 1 unspecified atom stereocenters. The molecule has 0 aromatic carbocycles. The maximum Gasteiger partial charge on any atom is 0.231 e. The molecule has 3 aromatic heterocycles. The second kappa shape index (κ2) is 6.11. The standard InChI is InChI=1S/C14H16N8OS/c1-21-11-10(5-18-21)12(16-7-15-11)22-4-2-3-9(6-22)13(23)19-14-20-17-8-24-14/h5,7-9H,2-4,6H2,1H3,(H,19,20,23). The number of nitrogens with zero attached hydrogens (tertiary/aromatic N) is 7. The van der Waals surface area contributed by atoms with Gasteiger partial charge in [-0.05, 0) is 12.8 Å². The maximum atomic E-state index is 12.5. The predicted octanol–water partition coefficient (Wildman–Crippen LogP) is 1.07. The summed E-state index contributed by atoms with van der Waals surface area (Å²) < 4.78 is 1.73. The van der Waals surface area contributed by atoms with Crippen LogP contribution in [-0.4, -0.2) is 48.9 Å². The van der Waals surface area contributed by atoms with Crippen LogP contribution in [0.1, 0.15) is 12.8 Å². The van der Waals surface area contributed by atoms with Crippen LogP contribution in [-0.2, 0) is 11.8 Å². The summed E-state index contributed by atoms with van der Waals surface area (Å²) in [5, 5.41) is 16.1. The molecule has 10 heteroatoms. The summed E-state index contributed by atoms with van der Waals surface area (Å²) >= 11 is 1.32. The lowest BCUT2D eigenvalue weighted by atomic mass is 9.97. The third-order valence-electron chi connectivity index (χ3n) is 4.19. The van der Waals surface area contributed by atoms with E-state index in [2.05, 4.69) is 35.5 Å². The van der Waals surface area contributed by atoms with Crippen LogP contribution in [0.5, 0.6) is 0 Å². The van der Waals surface area contributed by atoms with Gasteiger partial charge in [0.05, 0.1) is 17.5 Å². The number of hydrogen-bond acceptors (Lipinski definition) is 8. The molecule has 1 saturated heterocycles. The molecule has 0 radical (unpaired) electrons. The molecule has 0 saturated carbocycles. The monoisotopic (exact) mass is 344 g/mol. The molecule has 0 aliphatic carbocycles. The van der Waals surface area contributed by atoms with Crippen LogP contribution in [0.4, 0.5) is 10.9 Å². The van der Waals surface area contributed by atoms with Crippen LogP contribution in [0, 0.1) is 5.92 Å². The number of rotatable bonds is 3. The van der Waals surface area contributed by atoms with Crippen molar-refractivity contribution >= 4 is 39.2 Å². The van der Waals surface area contributed by atoms with Crippen molar-refractivity contribution in [1.82, 2.24) is 29.9 Å². The molecular formula is C14H16N8OS. The minimum absolute atomic E-state index is 0.0204. The van der Waals surface area contributed by atoms with Crippen LogP contribution < -0.4 is 10.2 Å². The lowest BCUT2D eigenvalue weighted by molar-refractivity contribution is -0.120. The topological polar surface area (TPSA) is 102 Å². The smallest absolute Gasteiger partial charge is 0.231 e. The highest BCUT2D eigenvalue weighted by molar-refractivity contribution is 7.13. The number of carbonyl (C=O) groups excluding carboxylic acids is 1. The first-order valence-corrected chi connectivity index (χ1v) is 8.55. The maximum absolute atomic E-state index is 12.5. The predicted molar refractivity (Wildman–Crippen MR) is 89.8 cm³/mol. The molecule has 1 N–H and O–H groups in total. The third-order valence-corrected chi connectivity index (χ3v) is 4.80. The van der Waals surface area contributed by atoms with E-state index in [0.29, 0.717) is 11.7 Å². The van der Waals surface area contributed by atoms with E-state index in [-0.39, 0.29) is 11.8 Å². The van der Waals surface area contributed by atoms with Crippen molar-refractivity contribution in [1.29, 1.82) is 0 Å². The van der Waals surface area contributed by atoms with E-state index in [1.807, 2.05) is 7.05 Å². The van der Waals surface area contributed by atoms with Gasteiger partial charge in [-0.25, -0.2) is 9.97 Å². The Balaban J connectivity index is 1.55. The molecule has 1 aliphatic rings. The second-order valence-electron chi connectivity index (χ2n) is 5.72. The number of fused-ring (bicyclic) bond motifs is 1. The number of piperidine rings is 1. The van der Waals surface area contributed by atoms with Crippen molar-refractivity contribution in [3.8, 4) is 0 Å². The van der Waals surface area contributed by atoms with Gasteiger partial charge >= 0.3 is 0 Å². The zero-order chi connectivity index (χ0) is 16.5. The Morgan fingerprint density at radius 1 is 1.42 bits per heavy atom. The summed E-state index contributed by atoms with van der Waals surface area (Å²) in [7, 11) is 1.85. The Bertz CT molecular complexity index is 861. The summed E-state index contributed by atoms with van der Waals surface area (Å²) in [5.74, 6) is 0.707. The lowest BCUT2D eigenvalue weighted by Gasteiger charge is -2.32. The van der Waals surface area contributed by atoms with Gasteiger partial charge in [0, 0.05) is 20.1 Å². The van der Waals surface area contributed by atoms with E-state index in [0.717, 1.165) is 36.2 Å². The summed E-state index contributed by atoms with van der Waals surface area (Å²) in [4.78, 5) is 23.3. The van der Waals surface area contributed by atoms with Crippen LogP contribution in [0.25, 0.3) is 11.0 Å². The largest absolute Gasteiger partial charge is 0.355 e. The SMILES string of the molecule is Cn1ncc2c(N3CCCC(C(=O)Nc4nncs4)C3)ncnc21. The van der Waals surface area contributed by atoms with Gasteiger partial charge < -0.3 is 10.2 Å². The Morgan fingerprint density at radius 3 is 3.17 bits per heavy atom. The summed E-state index contributed by atoms with van der Waals surface area (Å²) in [5.41, 5.74) is 2.39. The first-order chi connectivity index (χ1) is 11.7. The normalized spacial score (nSPS) is 18.0. The average molecular weight is 344 g/mol. The quantitative estimate of drug-likeness (QED) is 0.758. The van der Waals surface area contributed by atoms with Gasteiger partial charge in [-0.3, -0.25) is 9.48 Å². The van der Waals surface area contributed by atoms with Gasteiger partial charge in [-0.1, -0.05) is 11.3 Å². The van der Waals surface area contributed by atoms with Crippen molar-refractivity contribution < 1.29 is 4.79 Å². The van der Waals surface area contributed by atoms with E-state index < -0.39 is 0 Å². The van der Waals surface area contributed by atoms with Gasteiger partial charge in [0.1, 0.15) is 17.7 Å². The minimum Gasteiger partial charge on any atom is -0.355 e. The number of anilines is 2. The first-order valence-electron chi connectivity index (χ1n) is 7.67. The minimum atomic E-state index is -0.107. The highest BCUT2D eigenvalue weighted by Gasteiger charge is 2.28. The summed E-state index contributed by atoms with van der Waals surface area (Å²) in [6.07, 6.45) is 5.10. The number of hydrogen-bond donors (Lipinski definition) is 1. The van der Waals surface area contributed by atoms with E-state index >= 15 is 0 Å². The van der Waals surface area contributed by atoms with Crippen molar-refractivity contribution in [2.75, 3.05) is 23.3 Å². The van der Waals surface area contributed by atoms with E-state index in [4.69, 9.17) is 0 Å². The molecule has 24 heavy (non-hydrogen) atoms. The molecular weight excluding hydrogens is 328 g/mol. The number of aromatic nitrogens is 6. The van der Waals surface area contributed by atoms with Crippen LogP contribution in [0.15, 0.2) is 18.0 Å². The summed E-state index contributed by atoms with van der Waals surface area (Å²) in [6, 6.07) is 0. The van der Waals surface area contributed by atoms with Gasteiger partial charge in [0.15, 0.2) is 5.65 Å². The number of amides is 1. The Morgan fingerprint density at radius 2 is 2.33 bits per heavy atom. The third kappa shape index (κ3) is 2.68. The van der Waals surface area contributed by atoms with Gasteiger partial charge in [-0.15, -0.1) is 10.2 Å². The molecule has 0 bridgehead atoms. The summed E-state index contributed by atoms with van der Waals surface area (Å²) in [6.45, 7) is 1.48. The van der Waals surface area contributed by atoms with E-state index in [1.165, 1.54) is 11.3 Å². The fraction of sp³-hybridized carbons (Fsp3) is 0.429. The molecule has 1 amide bonds. The van der Waals surface area contributed by atoms with E-state index in [9.17, 15) is 4.79 Å². The second-order valence-corrected chi connectivity index (χ2v) is 6.55. The highest BCUT2D eigenvalue weighted by Crippen LogP contribution is 2.27. The van der Waals surface area contributed by atoms with Crippen LogP contribution >= 0.6 is 11.3 Å². The van der Waals surface area contributed by atoms with Crippen molar-refractivity contribution in [3.05, 3.63) is 18.0 Å². The molecule has 124 valence electrons. The molecule has 4 heterocycles. The Hall–Kier alpha value is -2.62. The molecule has 1 atom stereocenters. The molecule has 0 spiro atoms. The highest BCUT2D eigenvalue weighted by atomic mass is 32.1. The Labute approximate surface area is 141 Å². The average Bonchev–Trinajstić information content (AvgIpc) is 3.25. The van der Waals surface area contributed by atoms with Crippen LogP contribution in [0.3, 0.4) is 0 Å². The van der Waals surface area contributed by atoms with Crippen molar-refractivity contribution in [2.45, 2.75) is 12.8 Å². The number of nitrogens with one attached hydrogen (secondary N) is 1. The van der Waals surface area contributed by atoms with Gasteiger partial charge in [-0.2, -0.15) is 5.10 Å². The Kier molecular flexibility index (Phi) is 3.81. The first kappa shape index (κ1) is 14.9. The molecule has 1 aliphatic heterocycles. The van der Waals surface area contributed by atoms with E-state index in [1.54, 1.807) is 22.7 Å². The molecule has 3 aromatic rings. The molecule has 4 rings (SSSR count). The van der Waals surface area contributed by atoms with Gasteiger partial charge in [0.2, 0.25) is 11.0 Å². The zero-order valence-corrected chi connectivity index (χ0v) is 13.9. The zero-order valence-electron chi connectivity index (χ0n) is 13.1. The molecule has 9 nitrogen and oxygen atoms in total. The van der Waals surface area contributed by atoms with Crippen molar-refractivity contribution in [2.24, 2.45) is 13.0 Å². The number of carbonyl (C=O) groups is 1. The fourth-order valence-corrected chi connectivity index (χ4v) is 3.47. The van der Waals surface area contributed by atoms with Crippen LogP contribution in [0.2, 0.25) is 0 Å². The van der Waals surface area contributed by atoms with Crippen molar-refractivity contribution in [3.63, 3.8) is 0 Å². The number of aryl methyl sites for hydroxylation is 1. The molecule has 1 fully saturated rings. The van der Waals surface area contributed by atoms with Gasteiger partial charge in [0.25, 0.3) is 0 Å².